The Morgan fingerprint density at radius 2 is 2.00 bits per heavy atom. The van der Waals surface area contributed by atoms with Gasteiger partial charge in [0.15, 0.2) is 0 Å². The molecule has 2 rings (SSSR count). The third-order valence-electron chi connectivity index (χ3n) is 3.68. The minimum atomic E-state index is 0.374. The van der Waals surface area contributed by atoms with Gasteiger partial charge in [-0.1, -0.05) is 13.8 Å². The minimum absolute atomic E-state index is 0.374. The molecule has 0 spiro atoms. The van der Waals surface area contributed by atoms with Crippen LogP contribution in [0.5, 0.6) is 5.75 Å². The van der Waals surface area contributed by atoms with Crippen molar-refractivity contribution in [3.8, 4) is 5.75 Å². The first kappa shape index (κ1) is 11.3. The fourth-order valence-electron chi connectivity index (χ4n) is 2.30. The van der Waals surface area contributed by atoms with Crippen molar-refractivity contribution in [3.63, 3.8) is 0 Å². The Balaban J connectivity index is 1.89. The number of hydrogen-bond acceptors (Lipinski definition) is 2. The number of phenols is 1. The summed E-state index contributed by atoms with van der Waals surface area (Å²) in [5, 5.41) is 13.0. The van der Waals surface area contributed by atoms with E-state index in [1.807, 2.05) is 19.1 Å². The van der Waals surface area contributed by atoms with E-state index in [0.717, 1.165) is 23.1 Å². The normalized spacial score (nSPS) is 24.2. The lowest BCUT2D eigenvalue weighted by molar-refractivity contribution is 0.212. The van der Waals surface area contributed by atoms with E-state index in [1.165, 1.54) is 12.8 Å². The number of phenolic OH excluding ortho intramolecular Hbond substituents is 1. The zero-order chi connectivity index (χ0) is 11.7. The molecule has 2 heteroatoms. The second-order valence-electron chi connectivity index (χ2n) is 5.32. The molecule has 2 nitrogen and oxygen atoms in total. The van der Waals surface area contributed by atoms with Crippen molar-refractivity contribution in [3.05, 3.63) is 23.8 Å². The topological polar surface area (TPSA) is 32.3 Å². The maximum absolute atomic E-state index is 9.44. The zero-order valence-electron chi connectivity index (χ0n) is 10.3. The molecule has 0 radical (unpaired) electrons. The lowest BCUT2D eigenvalue weighted by atomic mass is 9.73. The molecule has 0 aliphatic heterocycles. The van der Waals surface area contributed by atoms with Gasteiger partial charge in [0, 0.05) is 11.7 Å². The maximum Gasteiger partial charge on any atom is 0.118 e. The van der Waals surface area contributed by atoms with Crippen LogP contribution < -0.4 is 5.32 Å². The first-order valence-corrected chi connectivity index (χ1v) is 6.12. The Labute approximate surface area is 97.7 Å². The van der Waals surface area contributed by atoms with E-state index in [2.05, 4.69) is 19.2 Å². The molecule has 1 fully saturated rings. The van der Waals surface area contributed by atoms with Crippen molar-refractivity contribution in [1.29, 1.82) is 0 Å². The second kappa shape index (κ2) is 4.36. The number of aromatic hydroxyl groups is 1. The van der Waals surface area contributed by atoms with Gasteiger partial charge in [-0.15, -0.1) is 0 Å². The van der Waals surface area contributed by atoms with E-state index >= 15 is 0 Å². The molecule has 0 unspecified atom stereocenters. The molecule has 0 saturated heterocycles. The van der Waals surface area contributed by atoms with Gasteiger partial charge in [-0.3, -0.25) is 0 Å². The van der Waals surface area contributed by atoms with Crippen LogP contribution in [0.2, 0.25) is 0 Å². The third kappa shape index (κ3) is 2.31. The van der Waals surface area contributed by atoms with Crippen molar-refractivity contribution >= 4 is 5.69 Å². The molecule has 1 aromatic rings. The van der Waals surface area contributed by atoms with Gasteiger partial charge in [-0.25, -0.2) is 0 Å². The van der Waals surface area contributed by atoms with Crippen LogP contribution in [0.4, 0.5) is 5.69 Å². The highest BCUT2D eigenvalue weighted by atomic mass is 16.3. The number of nitrogens with one attached hydrogen (secondary N) is 1. The van der Waals surface area contributed by atoms with Gasteiger partial charge in [-0.2, -0.15) is 0 Å². The van der Waals surface area contributed by atoms with E-state index in [0.29, 0.717) is 11.8 Å². The number of hydrogen-bond donors (Lipinski definition) is 2. The summed E-state index contributed by atoms with van der Waals surface area (Å²) in [5.74, 6) is 2.06. The number of aryl methyl sites for hydroxylation is 1. The monoisotopic (exact) mass is 219 g/mol. The van der Waals surface area contributed by atoms with Gasteiger partial charge in [0.05, 0.1) is 0 Å². The fourth-order valence-corrected chi connectivity index (χ4v) is 2.30. The standard InChI is InChI=1S/C14H21NO/c1-9(2)11-7-13(8-11)15-12-4-5-14(16)10(3)6-12/h4-6,9,11,13,15-16H,7-8H2,1-3H3. The van der Waals surface area contributed by atoms with E-state index in [9.17, 15) is 5.11 Å². The highest BCUT2D eigenvalue weighted by Crippen LogP contribution is 2.35. The van der Waals surface area contributed by atoms with Crippen LogP contribution in [-0.2, 0) is 0 Å². The van der Waals surface area contributed by atoms with Crippen molar-refractivity contribution in [1.82, 2.24) is 0 Å². The van der Waals surface area contributed by atoms with Gasteiger partial charge in [0.25, 0.3) is 0 Å². The Kier molecular flexibility index (Phi) is 3.08. The van der Waals surface area contributed by atoms with Crippen molar-refractivity contribution < 1.29 is 5.11 Å². The van der Waals surface area contributed by atoms with Gasteiger partial charge in [-0.05, 0) is 55.4 Å². The van der Waals surface area contributed by atoms with Gasteiger partial charge in [0.2, 0.25) is 0 Å². The molecular formula is C14H21NO. The molecule has 0 bridgehead atoms. The van der Waals surface area contributed by atoms with Crippen LogP contribution in [0.15, 0.2) is 18.2 Å². The lowest BCUT2D eigenvalue weighted by Crippen LogP contribution is -2.37. The third-order valence-corrected chi connectivity index (χ3v) is 3.68. The summed E-state index contributed by atoms with van der Waals surface area (Å²) in [5.41, 5.74) is 2.06. The summed E-state index contributed by atoms with van der Waals surface area (Å²) in [6, 6.07) is 6.34. The average molecular weight is 219 g/mol. The van der Waals surface area contributed by atoms with Crippen molar-refractivity contribution in [2.45, 2.75) is 39.7 Å². The summed E-state index contributed by atoms with van der Waals surface area (Å²) in [6.07, 6.45) is 2.55. The van der Waals surface area contributed by atoms with Gasteiger partial charge < -0.3 is 10.4 Å². The summed E-state index contributed by atoms with van der Waals surface area (Å²) in [7, 11) is 0. The van der Waals surface area contributed by atoms with Crippen LogP contribution in [0, 0.1) is 18.8 Å². The van der Waals surface area contributed by atoms with Crippen molar-refractivity contribution in [2.75, 3.05) is 5.32 Å². The van der Waals surface area contributed by atoms with E-state index in [4.69, 9.17) is 0 Å². The molecule has 1 aliphatic carbocycles. The molecule has 0 aromatic heterocycles. The smallest absolute Gasteiger partial charge is 0.118 e. The molecule has 2 N–H and O–H groups in total. The zero-order valence-corrected chi connectivity index (χ0v) is 10.3. The number of rotatable bonds is 3. The minimum Gasteiger partial charge on any atom is -0.508 e. The Morgan fingerprint density at radius 1 is 1.31 bits per heavy atom. The molecular weight excluding hydrogens is 198 g/mol. The Hall–Kier alpha value is -1.18. The molecule has 1 saturated carbocycles. The van der Waals surface area contributed by atoms with Crippen LogP contribution in [0.3, 0.4) is 0 Å². The van der Waals surface area contributed by atoms with Crippen LogP contribution in [0.1, 0.15) is 32.3 Å². The molecule has 0 heterocycles. The first-order chi connectivity index (χ1) is 7.56. The maximum atomic E-state index is 9.44. The van der Waals surface area contributed by atoms with Crippen LogP contribution >= 0.6 is 0 Å². The van der Waals surface area contributed by atoms with Crippen LogP contribution in [-0.4, -0.2) is 11.1 Å². The quantitative estimate of drug-likeness (QED) is 0.762. The summed E-state index contributed by atoms with van der Waals surface area (Å²) < 4.78 is 0. The predicted octanol–water partition coefficient (Wildman–Crippen LogP) is 3.55. The molecule has 1 aromatic carbocycles. The van der Waals surface area contributed by atoms with E-state index in [1.54, 1.807) is 6.07 Å². The Morgan fingerprint density at radius 3 is 2.56 bits per heavy atom. The fraction of sp³-hybridized carbons (Fsp3) is 0.571. The van der Waals surface area contributed by atoms with E-state index < -0.39 is 0 Å². The lowest BCUT2D eigenvalue weighted by Gasteiger charge is -2.39. The van der Waals surface area contributed by atoms with Gasteiger partial charge >= 0.3 is 0 Å². The predicted molar refractivity (Wildman–Crippen MR) is 67.8 cm³/mol. The summed E-state index contributed by atoms with van der Waals surface area (Å²) in [4.78, 5) is 0. The average Bonchev–Trinajstić information content (AvgIpc) is 2.15. The first-order valence-electron chi connectivity index (χ1n) is 6.12. The molecule has 16 heavy (non-hydrogen) atoms. The van der Waals surface area contributed by atoms with Gasteiger partial charge in [0.1, 0.15) is 5.75 Å². The second-order valence-corrected chi connectivity index (χ2v) is 5.32. The highest BCUT2D eigenvalue weighted by Gasteiger charge is 2.30. The molecule has 88 valence electrons. The summed E-state index contributed by atoms with van der Waals surface area (Å²) >= 11 is 0. The highest BCUT2D eigenvalue weighted by molar-refractivity contribution is 5.51. The van der Waals surface area contributed by atoms with Crippen molar-refractivity contribution in [2.24, 2.45) is 11.8 Å². The van der Waals surface area contributed by atoms with E-state index in [-0.39, 0.29) is 0 Å². The number of benzene rings is 1. The number of anilines is 1. The summed E-state index contributed by atoms with van der Waals surface area (Å²) in [6.45, 7) is 6.52. The largest absolute Gasteiger partial charge is 0.508 e. The SMILES string of the molecule is Cc1cc(NC2CC(C(C)C)C2)ccc1O. The molecule has 0 atom stereocenters. The molecule has 0 amide bonds. The van der Waals surface area contributed by atoms with Crippen LogP contribution in [0.25, 0.3) is 0 Å². The molecule has 1 aliphatic rings. The Bertz CT molecular complexity index is 367.